The van der Waals surface area contributed by atoms with E-state index in [4.69, 9.17) is 0 Å². The summed E-state index contributed by atoms with van der Waals surface area (Å²) in [5, 5.41) is 11.4. The molecule has 0 saturated heterocycles. The molecule has 0 unspecified atom stereocenters. The van der Waals surface area contributed by atoms with E-state index in [2.05, 4.69) is 20.8 Å². The van der Waals surface area contributed by atoms with Crippen LogP contribution in [0.5, 0.6) is 0 Å². The molecule has 4 saturated carbocycles. The van der Waals surface area contributed by atoms with Gasteiger partial charge in [-0.15, -0.1) is 0 Å². The lowest BCUT2D eigenvalue weighted by molar-refractivity contribution is -0.204. The standard InChI is InChI=1S/C21H36O/c1-4-15-7-8-17-16-9-14-21(22)12-6-5-11-20(21,3)18(16)10-13-19(15,17)2/h15-18,22H,4-14H2,1-3H3/t15-,16-,17-,18-,19+,20+,21-/m0/s1. The van der Waals surface area contributed by atoms with Crippen LogP contribution in [0.4, 0.5) is 0 Å². The molecule has 0 spiro atoms. The predicted molar refractivity (Wildman–Crippen MR) is 91.6 cm³/mol. The molecular formula is C21H36O. The van der Waals surface area contributed by atoms with E-state index in [9.17, 15) is 5.11 Å². The summed E-state index contributed by atoms with van der Waals surface area (Å²) in [6.07, 6.45) is 14.5. The highest BCUT2D eigenvalue weighted by atomic mass is 16.3. The Balaban J connectivity index is 1.66. The number of hydrogen-bond donors (Lipinski definition) is 1. The van der Waals surface area contributed by atoms with E-state index in [1.165, 1.54) is 57.8 Å². The molecule has 0 amide bonds. The summed E-state index contributed by atoms with van der Waals surface area (Å²) < 4.78 is 0. The number of aliphatic hydroxyl groups is 1. The molecule has 4 fully saturated rings. The molecular weight excluding hydrogens is 268 g/mol. The summed E-state index contributed by atoms with van der Waals surface area (Å²) in [6, 6.07) is 0. The fourth-order valence-corrected chi connectivity index (χ4v) is 8.03. The minimum absolute atomic E-state index is 0.222. The molecule has 7 atom stereocenters. The Morgan fingerprint density at radius 2 is 1.64 bits per heavy atom. The third-order valence-corrected chi connectivity index (χ3v) is 9.44. The van der Waals surface area contributed by atoms with Gasteiger partial charge >= 0.3 is 0 Å². The molecule has 1 nitrogen and oxygen atoms in total. The highest BCUT2D eigenvalue weighted by Crippen LogP contribution is 2.68. The molecule has 0 radical (unpaired) electrons. The van der Waals surface area contributed by atoms with Gasteiger partial charge in [0.1, 0.15) is 0 Å². The Morgan fingerprint density at radius 3 is 2.41 bits per heavy atom. The maximum Gasteiger partial charge on any atom is 0.0703 e. The van der Waals surface area contributed by atoms with Gasteiger partial charge in [-0.2, -0.15) is 0 Å². The summed E-state index contributed by atoms with van der Waals surface area (Å²) in [5.74, 6) is 3.65. The van der Waals surface area contributed by atoms with Crippen LogP contribution in [0.25, 0.3) is 0 Å². The van der Waals surface area contributed by atoms with Crippen molar-refractivity contribution in [2.45, 2.75) is 97.0 Å². The second kappa shape index (κ2) is 4.98. The van der Waals surface area contributed by atoms with E-state index in [0.29, 0.717) is 5.41 Å². The zero-order valence-corrected chi connectivity index (χ0v) is 15.0. The molecule has 0 bridgehead atoms. The van der Waals surface area contributed by atoms with Gasteiger partial charge in [0, 0.05) is 0 Å². The number of fused-ring (bicyclic) bond motifs is 5. The monoisotopic (exact) mass is 304 g/mol. The highest BCUT2D eigenvalue weighted by Gasteiger charge is 2.63. The Hall–Kier alpha value is -0.0400. The van der Waals surface area contributed by atoms with Crippen LogP contribution in [-0.4, -0.2) is 10.7 Å². The smallest absolute Gasteiger partial charge is 0.0703 e. The Kier molecular flexibility index (Phi) is 3.50. The van der Waals surface area contributed by atoms with Crippen molar-refractivity contribution in [3.8, 4) is 0 Å². The summed E-state index contributed by atoms with van der Waals surface area (Å²) >= 11 is 0. The Morgan fingerprint density at radius 1 is 0.864 bits per heavy atom. The minimum Gasteiger partial charge on any atom is -0.389 e. The maximum atomic E-state index is 11.4. The maximum absolute atomic E-state index is 11.4. The molecule has 0 aromatic rings. The van der Waals surface area contributed by atoms with Crippen LogP contribution in [0.1, 0.15) is 91.4 Å². The normalized spacial score (nSPS) is 57.8. The van der Waals surface area contributed by atoms with Crippen molar-refractivity contribution in [3.05, 3.63) is 0 Å². The van der Waals surface area contributed by atoms with Gasteiger partial charge < -0.3 is 5.11 Å². The molecule has 126 valence electrons. The molecule has 22 heavy (non-hydrogen) atoms. The fourth-order valence-electron chi connectivity index (χ4n) is 8.03. The van der Waals surface area contributed by atoms with Crippen LogP contribution in [0, 0.1) is 34.5 Å². The van der Waals surface area contributed by atoms with E-state index in [1.807, 2.05) is 0 Å². The van der Waals surface area contributed by atoms with Crippen molar-refractivity contribution in [3.63, 3.8) is 0 Å². The molecule has 0 aromatic carbocycles. The van der Waals surface area contributed by atoms with Crippen molar-refractivity contribution in [2.75, 3.05) is 0 Å². The molecule has 4 aliphatic rings. The summed E-state index contributed by atoms with van der Waals surface area (Å²) in [7, 11) is 0. The molecule has 0 aliphatic heterocycles. The molecule has 4 aliphatic carbocycles. The van der Waals surface area contributed by atoms with Crippen LogP contribution in [0.15, 0.2) is 0 Å². The second-order valence-electron chi connectivity index (χ2n) is 9.80. The summed E-state index contributed by atoms with van der Waals surface area (Å²) in [5.41, 5.74) is 0.513. The predicted octanol–water partition coefficient (Wildman–Crippen LogP) is 5.56. The third kappa shape index (κ3) is 1.81. The van der Waals surface area contributed by atoms with Crippen molar-refractivity contribution in [1.29, 1.82) is 0 Å². The lowest BCUT2D eigenvalue weighted by Crippen LogP contribution is -2.61. The topological polar surface area (TPSA) is 20.2 Å². The van der Waals surface area contributed by atoms with E-state index in [-0.39, 0.29) is 11.0 Å². The Bertz CT molecular complexity index is 445. The lowest BCUT2D eigenvalue weighted by Gasteiger charge is -2.63. The molecule has 1 N–H and O–H groups in total. The van der Waals surface area contributed by atoms with Gasteiger partial charge in [-0.1, -0.05) is 40.0 Å². The highest BCUT2D eigenvalue weighted by molar-refractivity contribution is 5.13. The van der Waals surface area contributed by atoms with E-state index in [0.717, 1.165) is 36.5 Å². The van der Waals surface area contributed by atoms with E-state index < -0.39 is 0 Å². The molecule has 0 heterocycles. The molecule has 4 rings (SSSR count). The summed E-state index contributed by atoms with van der Waals surface area (Å²) in [6.45, 7) is 7.50. The van der Waals surface area contributed by atoms with Crippen molar-refractivity contribution < 1.29 is 5.11 Å². The van der Waals surface area contributed by atoms with Crippen molar-refractivity contribution >= 4 is 0 Å². The van der Waals surface area contributed by atoms with Gasteiger partial charge in [-0.3, -0.25) is 0 Å². The van der Waals surface area contributed by atoms with Crippen molar-refractivity contribution in [2.24, 2.45) is 34.5 Å². The van der Waals surface area contributed by atoms with Gasteiger partial charge in [-0.05, 0) is 85.9 Å². The van der Waals surface area contributed by atoms with Crippen molar-refractivity contribution in [1.82, 2.24) is 0 Å². The largest absolute Gasteiger partial charge is 0.389 e. The van der Waals surface area contributed by atoms with Gasteiger partial charge in [0.05, 0.1) is 5.60 Å². The minimum atomic E-state index is -0.330. The number of hydrogen-bond acceptors (Lipinski definition) is 1. The number of rotatable bonds is 1. The van der Waals surface area contributed by atoms with Crippen LogP contribution in [0.2, 0.25) is 0 Å². The van der Waals surface area contributed by atoms with Gasteiger partial charge in [0.25, 0.3) is 0 Å². The average molecular weight is 305 g/mol. The van der Waals surface area contributed by atoms with Gasteiger partial charge in [0.2, 0.25) is 0 Å². The zero-order chi connectivity index (χ0) is 15.6. The average Bonchev–Trinajstić information content (AvgIpc) is 2.84. The SMILES string of the molecule is CC[C@H]1CC[C@H]2[C@@H]3CC[C@@]4(O)CCCC[C@]4(C)[C@H]3CC[C@]12C. The fraction of sp³-hybridized carbons (Fsp3) is 1.00. The van der Waals surface area contributed by atoms with Gasteiger partial charge in [0.15, 0.2) is 0 Å². The molecule has 0 aromatic heterocycles. The first kappa shape index (κ1) is 15.5. The van der Waals surface area contributed by atoms with Crippen LogP contribution in [0.3, 0.4) is 0 Å². The first-order valence-electron chi connectivity index (χ1n) is 10.2. The zero-order valence-electron chi connectivity index (χ0n) is 15.0. The Labute approximate surface area is 137 Å². The first-order valence-corrected chi connectivity index (χ1v) is 10.2. The summed E-state index contributed by atoms with van der Waals surface area (Å²) in [4.78, 5) is 0. The first-order chi connectivity index (χ1) is 10.4. The molecule has 1 heteroatoms. The lowest BCUT2D eigenvalue weighted by atomic mass is 9.43. The van der Waals surface area contributed by atoms with Gasteiger partial charge in [-0.25, -0.2) is 0 Å². The second-order valence-corrected chi connectivity index (χ2v) is 9.80. The van der Waals surface area contributed by atoms with Crippen LogP contribution < -0.4 is 0 Å². The van der Waals surface area contributed by atoms with Crippen LogP contribution >= 0.6 is 0 Å². The quantitative estimate of drug-likeness (QED) is 0.672. The van der Waals surface area contributed by atoms with E-state index in [1.54, 1.807) is 0 Å². The van der Waals surface area contributed by atoms with E-state index >= 15 is 0 Å². The van der Waals surface area contributed by atoms with Crippen LogP contribution in [-0.2, 0) is 0 Å². The third-order valence-electron chi connectivity index (χ3n) is 9.44.